The molecule has 1 rings (SSSR count). The van der Waals surface area contributed by atoms with Crippen LogP contribution in [0.3, 0.4) is 0 Å². The molecule has 0 unspecified atom stereocenters. The second-order valence-electron chi connectivity index (χ2n) is 4.17. The van der Waals surface area contributed by atoms with Gasteiger partial charge in [0.05, 0.1) is 12.1 Å². The van der Waals surface area contributed by atoms with Gasteiger partial charge in [0.15, 0.2) is 0 Å². The third-order valence-electron chi connectivity index (χ3n) is 2.73. The van der Waals surface area contributed by atoms with E-state index in [2.05, 4.69) is 4.90 Å². The van der Waals surface area contributed by atoms with E-state index >= 15 is 0 Å². The van der Waals surface area contributed by atoms with Gasteiger partial charge in [0.1, 0.15) is 5.78 Å². The lowest BCUT2D eigenvalue weighted by Gasteiger charge is -2.35. The molecular weight excluding hydrogens is 166 g/mol. The van der Waals surface area contributed by atoms with Gasteiger partial charge in [-0.15, -0.1) is 0 Å². The number of aliphatic hydroxyl groups is 1. The number of Topliss-reactive ketones (excluding diaryl/α,β-unsaturated/α-hetero) is 1. The highest BCUT2D eigenvalue weighted by molar-refractivity contribution is 5.80. The van der Waals surface area contributed by atoms with E-state index in [0.29, 0.717) is 18.7 Å². The number of rotatable bonds is 3. The van der Waals surface area contributed by atoms with Crippen LogP contribution in [0.25, 0.3) is 0 Å². The van der Waals surface area contributed by atoms with Gasteiger partial charge in [-0.2, -0.15) is 0 Å². The number of carbonyl (C=O) groups is 1. The van der Waals surface area contributed by atoms with Crippen molar-refractivity contribution in [1.82, 2.24) is 4.90 Å². The summed E-state index contributed by atoms with van der Waals surface area (Å²) < 4.78 is 0. The Morgan fingerprint density at radius 2 is 2.00 bits per heavy atom. The molecule has 0 bridgehead atoms. The molecule has 76 valence electrons. The van der Waals surface area contributed by atoms with Gasteiger partial charge >= 0.3 is 0 Å². The van der Waals surface area contributed by atoms with Crippen molar-refractivity contribution in [1.29, 1.82) is 0 Å². The zero-order chi connectivity index (χ0) is 9.90. The largest absolute Gasteiger partial charge is 0.390 e. The summed E-state index contributed by atoms with van der Waals surface area (Å²) in [6.07, 6.45) is 2.18. The highest BCUT2D eigenvalue weighted by Gasteiger charge is 2.27. The van der Waals surface area contributed by atoms with Gasteiger partial charge in [0.25, 0.3) is 0 Å². The Kier molecular flexibility index (Phi) is 3.45. The average molecular weight is 185 g/mol. The van der Waals surface area contributed by atoms with Crippen molar-refractivity contribution >= 4 is 5.78 Å². The summed E-state index contributed by atoms with van der Waals surface area (Å²) in [5.74, 6) is 0.293. The Balaban J connectivity index is 2.29. The van der Waals surface area contributed by atoms with Crippen LogP contribution in [0.2, 0.25) is 0 Å². The second-order valence-corrected chi connectivity index (χ2v) is 4.17. The Hall–Kier alpha value is -0.410. The number of hydrogen-bond donors (Lipinski definition) is 1. The van der Waals surface area contributed by atoms with Crippen molar-refractivity contribution in [2.24, 2.45) is 0 Å². The van der Waals surface area contributed by atoms with Gasteiger partial charge in [0, 0.05) is 19.5 Å². The van der Waals surface area contributed by atoms with Crippen molar-refractivity contribution in [3.8, 4) is 0 Å². The van der Waals surface area contributed by atoms with Gasteiger partial charge in [-0.25, -0.2) is 0 Å². The smallest absolute Gasteiger partial charge is 0.146 e. The van der Waals surface area contributed by atoms with Crippen molar-refractivity contribution < 1.29 is 9.90 Å². The molecule has 0 aliphatic carbocycles. The van der Waals surface area contributed by atoms with Crippen molar-refractivity contribution in [2.75, 3.05) is 19.6 Å². The van der Waals surface area contributed by atoms with Crippen molar-refractivity contribution in [3.05, 3.63) is 0 Å². The molecule has 0 aromatic heterocycles. The molecule has 3 heteroatoms. The van der Waals surface area contributed by atoms with Gasteiger partial charge in [0.2, 0.25) is 0 Å². The molecule has 0 atom stereocenters. The van der Waals surface area contributed by atoms with Gasteiger partial charge in [-0.05, 0) is 19.8 Å². The van der Waals surface area contributed by atoms with Crippen LogP contribution >= 0.6 is 0 Å². The molecule has 1 N–H and O–H groups in total. The monoisotopic (exact) mass is 185 g/mol. The van der Waals surface area contributed by atoms with E-state index in [-0.39, 0.29) is 0 Å². The first-order valence-electron chi connectivity index (χ1n) is 5.00. The van der Waals surface area contributed by atoms with E-state index in [4.69, 9.17) is 0 Å². The minimum Gasteiger partial charge on any atom is -0.390 e. The van der Waals surface area contributed by atoms with Crippen LogP contribution in [-0.4, -0.2) is 41.0 Å². The minimum absolute atomic E-state index is 0.293. The zero-order valence-electron chi connectivity index (χ0n) is 8.55. The van der Waals surface area contributed by atoms with E-state index in [1.807, 2.05) is 13.8 Å². The fourth-order valence-corrected chi connectivity index (χ4v) is 1.55. The summed E-state index contributed by atoms with van der Waals surface area (Å²) in [5, 5.41) is 9.67. The molecule has 0 radical (unpaired) electrons. The summed E-state index contributed by atoms with van der Waals surface area (Å²) in [7, 11) is 0. The predicted octanol–water partition coefficient (Wildman–Crippen LogP) is 0.812. The Morgan fingerprint density at radius 3 is 2.46 bits per heavy atom. The summed E-state index contributed by atoms with van der Waals surface area (Å²) >= 11 is 0. The molecule has 1 aliphatic rings. The standard InChI is InChI=1S/C10H19NO2/c1-3-9(12)8-11-6-4-10(2,13)5-7-11/h13H,3-8H2,1-2H3. The van der Waals surface area contributed by atoms with E-state index in [9.17, 15) is 9.90 Å². The van der Waals surface area contributed by atoms with E-state index in [0.717, 1.165) is 25.9 Å². The summed E-state index contributed by atoms with van der Waals surface area (Å²) in [4.78, 5) is 13.3. The molecule has 13 heavy (non-hydrogen) atoms. The maximum atomic E-state index is 11.1. The maximum absolute atomic E-state index is 11.1. The van der Waals surface area contributed by atoms with Crippen LogP contribution in [-0.2, 0) is 4.79 Å². The topological polar surface area (TPSA) is 40.5 Å². The number of carbonyl (C=O) groups excluding carboxylic acids is 1. The maximum Gasteiger partial charge on any atom is 0.146 e. The van der Waals surface area contributed by atoms with Crippen LogP contribution in [0.4, 0.5) is 0 Å². The first-order chi connectivity index (χ1) is 6.03. The van der Waals surface area contributed by atoms with Crippen LogP contribution in [0.1, 0.15) is 33.1 Å². The minimum atomic E-state index is -0.508. The van der Waals surface area contributed by atoms with Gasteiger partial charge < -0.3 is 5.11 Å². The van der Waals surface area contributed by atoms with Crippen molar-refractivity contribution in [3.63, 3.8) is 0 Å². The Bertz CT molecular complexity index is 179. The Morgan fingerprint density at radius 1 is 1.46 bits per heavy atom. The lowest BCUT2D eigenvalue weighted by molar-refractivity contribution is -0.121. The molecule has 0 saturated carbocycles. The van der Waals surface area contributed by atoms with Crippen molar-refractivity contribution in [2.45, 2.75) is 38.7 Å². The molecule has 1 aliphatic heterocycles. The molecule has 1 heterocycles. The third-order valence-corrected chi connectivity index (χ3v) is 2.73. The fourth-order valence-electron chi connectivity index (χ4n) is 1.55. The molecule has 0 aromatic rings. The lowest BCUT2D eigenvalue weighted by Crippen LogP contribution is -2.44. The molecule has 1 fully saturated rings. The number of nitrogens with zero attached hydrogens (tertiary/aromatic N) is 1. The molecular formula is C10H19NO2. The summed E-state index contributed by atoms with van der Waals surface area (Å²) in [5.41, 5.74) is -0.508. The molecule has 0 amide bonds. The molecule has 0 spiro atoms. The zero-order valence-corrected chi connectivity index (χ0v) is 8.55. The van der Waals surface area contributed by atoms with E-state index in [1.165, 1.54) is 0 Å². The van der Waals surface area contributed by atoms with Crippen LogP contribution in [0.15, 0.2) is 0 Å². The number of likely N-dealkylation sites (tertiary alicyclic amines) is 1. The second kappa shape index (κ2) is 4.20. The molecule has 1 saturated heterocycles. The quantitative estimate of drug-likeness (QED) is 0.707. The molecule has 0 aromatic carbocycles. The predicted molar refractivity (Wildman–Crippen MR) is 51.6 cm³/mol. The first-order valence-corrected chi connectivity index (χ1v) is 5.00. The third kappa shape index (κ3) is 3.44. The first kappa shape index (κ1) is 10.7. The molecule has 3 nitrogen and oxygen atoms in total. The highest BCUT2D eigenvalue weighted by Crippen LogP contribution is 2.20. The van der Waals surface area contributed by atoms with Gasteiger partial charge in [-0.3, -0.25) is 9.69 Å². The number of hydrogen-bond acceptors (Lipinski definition) is 3. The highest BCUT2D eigenvalue weighted by atomic mass is 16.3. The van der Waals surface area contributed by atoms with Crippen LogP contribution in [0.5, 0.6) is 0 Å². The van der Waals surface area contributed by atoms with Crippen LogP contribution in [0, 0.1) is 0 Å². The Labute approximate surface area is 79.7 Å². The average Bonchev–Trinajstić information content (AvgIpc) is 2.08. The summed E-state index contributed by atoms with van der Waals surface area (Å²) in [6, 6.07) is 0. The number of piperidine rings is 1. The van der Waals surface area contributed by atoms with Crippen LogP contribution < -0.4 is 0 Å². The normalized spacial score (nSPS) is 23.0. The van der Waals surface area contributed by atoms with Gasteiger partial charge in [-0.1, -0.05) is 6.92 Å². The van der Waals surface area contributed by atoms with E-state index in [1.54, 1.807) is 0 Å². The SMILES string of the molecule is CCC(=O)CN1CCC(C)(O)CC1. The van der Waals surface area contributed by atoms with E-state index < -0.39 is 5.60 Å². The fraction of sp³-hybridized carbons (Fsp3) is 0.900. The number of ketones is 1. The summed E-state index contributed by atoms with van der Waals surface area (Å²) in [6.45, 7) is 6.01. The lowest BCUT2D eigenvalue weighted by atomic mass is 9.94.